The molecule has 128 valence electrons. The summed E-state index contributed by atoms with van der Waals surface area (Å²) < 4.78 is 26.9. The van der Waals surface area contributed by atoms with Gasteiger partial charge in [0.1, 0.15) is 0 Å². The number of benzene rings is 1. The Bertz CT molecular complexity index is 620. The summed E-state index contributed by atoms with van der Waals surface area (Å²) >= 11 is 0. The maximum atomic E-state index is 12.2. The molecule has 0 spiro atoms. The van der Waals surface area contributed by atoms with Gasteiger partial charge in [-0.25, -0.2) is 13.1 Å². The van der Waals surface area contributed by atoms with Crippen LogP contribution in [0.2, 0.25) is 0 Å². The third-order valence-electron chi connectivity index (χ3n) is 4.23. The first kappa shape index (κ1) is 17.9. The first-order valence-corrected chi connectivity index (χ1v) is 9.53. The molecule has 6 nitrogen and oxygen atoms in total. The van der Waals surface area contributed by atoms with Crippen molar-refractivity contribution in [2.45, 2.75) is 25.2 Å². The highest BCUT2D eigenvalue weighted by molar-refractivity contribution is 7.89. The van der Waals surface area contributed by atoms with Crippen LogP contribution in [0.25, 0.3) is 0 Å². The van der Waals surface area contributed by atoms with Crippen molar-refractivity contribution >= 4 is 15.9 Å². The lowest BCUT2D eigenvalue weighted by Gasteiger charge is -2.34. The van der Waals surface area contributed by atoms with Crippen LogP contribution >= 0.6 is 0 Å². The van der Waals surface area contributed by atoms with Gasteiger partial charge in [0.05, 0.1) is 11.4 Å². The van der Waals surface area contributed by atoms with E-state index < -0.39 is 10.0 Å². The van der Waals surface area contributed by atoms with Gasteiger partial charge in [-0.1, -0.05) is 26.0 Å². The van der Waals surface area contributed by atoms with Crippen LogP contribution in [0.5, 0.6) is 0 Å². The minimum atomic E-state index is -3.64. The van der Waals surface area contributed by atoms with Crippen molar-refractivity contribution in [2.24, 2.45) is 0 Å². The van der Waals surface area contributed by atoms with Gasteiger partial charge in [0.25, 0.3) is 0 Å². The maximum absolute atomic E-state index is 12.2. The molecule has 1 amide bonds. The van der Waals surface area contributed by atoms with E-state index in [9.17, 15) is 13.2 Å². The van der Waals surface area contributed by atoms with E-state index in [1.807, 2.05) is 6.92 Å². The average molecular weight is 339 g/mol. The molecule has 0 radical (unpaired) electrons. The molecule has 0 atom stereocenters. The molecule has 1 aromatic carbocycles. The monoisotopic (exact) mass is 339 g/mol. The van der Waals surface area contributed by atoms with Gasteiger partial charge < -0.3 is 9.80 Å². The van der Waals surface area contributed by atoms with Gasteiger partial charge in [-0.15, -0.1) is 0 Å². The lowest BCUT2D eigenvalue weighted by molar-refractivity contribution is -0.131. The summed E-state index contributed by atoms with van der Waals surface area (Å²) in [7, 11) is -3.64. The van der Waals surface area contributed by atoms with E-state index in [4.69, 9.17) is 0 Å². The molecule has 7 heteroatoms. The van der Waals surface area contributed by atoms with Crippen LogP contribution in [0.4, 0.5) is 0 Å². The molecular weight excluding hydrogens is 314 g/mol. The van der Waals surface area contributed by atoms with Crippen LogP contribution in [-0.2, 0) is 21.2 Å². The molecule has 0 saturated carbocycles. The lowest BCUT2D eigenvalue weighted by atomic mass is 10.2. The zero-order valence-corrected chi connectivity index (χ0v) is 14.6. The molecule has 1 N–H and O–H groups in total. The van der Waals surface area contributed by atoms with E-state index in [1.54, 1.807) is 29.2 Å². The number of piperazine rings is 1. The fraction of sp³-hybridized carbons (Fsp3) is 0.562. The van der Waals surface area contributed by atoms with Gasteiger partial charge in [0.15, 0.2) is 0 Å². The Hall–Kier alpha value is -1.44. The smallest absolute Gasteiger partial charge is 0.241 e. The molecule has 0 aliphatic carbocycles. The Balaban J connectivity index is 1.89. The first-order valence-electron chi connectivity index (χ1n) is 8.05. The van der Waals surface area contributed by atoms with Gasteiger partial charge in [0.2, 0.25) is 15.9 Å². The summed E-state index contributed by atoms with van der Waals surface area (Å²) in [5.74, 6) is -0.172. The quantitative estimate of drug-likeness (QED) is 0.828. The molecule has 23 heavy (non-hydrogen) atoms. The van der Waals surface area contributed by atoms with Crippen LogP contribution in [0.1, 0.15) is 19.4 Å². The number of carbonyl (C=O) groups excluding carboxylic acids is 1. The molecule has 1 heterocycles. The number of hydrogen-bond acceptors (Lipinski definition) is 4. The largest absolute Gasteiger partial charge is 0.339 e. The van der Waals surface area contributed by atoms with Gasteiger partial charge in [-0.05, 0) is 30.7 Å². The lowest BCUT2D eigenvalue weighted by Crippen LogP contribution is -2.51. The van der Waals surface area contributed by atoms with Crippen LogP contribution in [-0.4, -0.2) is 63.4 Å². The summed E-state index contributed by atoms with van der Waals surface area (Å²) in [6.45, 7) is 7.88. The summed E-state index contributed by atoms with van der Waals surface area (Å²) in [4.78, 5) is 16.3. The predicted molar refractivity (Wildman–Crippen MR) is 89.7 cm³/mol. The minimum absolute atomic E-state index is 0.172. The highest BCUT2D eigenvalue weighted by Crippen LogP contribution is 2.11. The van der Waals surface area contributed by atoms with Crippen molar-refractivity contribution in [1.82, 2.24) is 14.5 Å². The number of nitrogens with zero attached hydrogens (tertiary/aromatic N) is 2. The standard InChI is InChI=1S/C16H25N3O3S/c1-3-14-5-7-15(8-6-14)23(21,22)17-13-16(20)19-11-9-18(4-2)10-12-19/h5-8,17H,3-4,9-13H2,1-2H3. The van der Waals surface area contributed by atoms with Crippen molar-refractivity contribution < 1.29 is 13.2 Å². The molecule has 1 aromatic rings. The average Bonchev–Trinajstić information content (AvgIpc) is 2.60. The zero-order valence-electron chi connectivity index (χ0n) is 13.8. The number of aryl methyl sites for hydroxylation is 1. The fourth-order valence-electron chi connectivity index (χ4n) is 2.57. The number of hydrogen-bond donors (Lipinski definition) is 1. The van der Waals surface area contributed by atoms with Crippen molar-refractivity contribution in [1.29, 1.82) is 0 Å². The highest BCUT2D eigenvalue weighted by atomic mass is 32.2. The molecule has 1 fully saturated rings. The topological polar surface area (TPSA) is 69.7 Å². The molecule has 1 saturated heterocycles. The summed E-state index contributed by atoms with van der Waals surface area (Å²) in [5.41, 5.74) is 1.08. The molecule has 1 aliphatic heterocycles. The van der Waals surface area contributed by atoms with Crippen LogP contribution in [0.15, 0.2) is 29.2 Å². The molecule has 0 aromatic heterocycles. The van der Waals surface area contributed by atoms with E-state index in [2.05, 4.69) is 16.5 Å². The summed E-state index contributed by atoms with van der Waals surface area (Å²) in [5, 5.41) is 0. The van der Waals surface area contributed by atoms with E-state index in [1.165, 1.54) is 0 Å². The second-order valence-corrected chi connectivity index (χ2v) is 7.40. The number of rotatable bonds is 6. The van der Waals surface area contributed by atoms with Crippen LogP contribution < -0.4 is 4.72 Å². The van der Waals surface area contributed by atoms with Gasteiger partial charge >= 0.3 is 0 Å². The van der Waals surface area contributed by atoms with Crippen molar-refractivity contribution in [3.05, 3.63) is 29.8 Å². The van der Waals surface area contributed by atoms with Crippen LogP contribution in [0, 0.1) is 0 Å². The molecule has 0 bridgehead atoms. The Labute approximate surface area is 138 Å². The van der Waals surface area contributed by atoms with E-state index >= 15 is 0 Å². The SMILES string of the molecule is CCc1ccc(S(=O)(=O)NCC(=O)N2CCN(CC)CC2)cc1. The third kappa shape index (κ3) is 4.76. The number of nitrogens with one attached hydrogen (secondary N) is 1. The van der Waals surface area contributed by atoms with Crippen molar-refractivity contribution in [3.8, 4) is 0 Å². The Kier molecular flexibility index (Phi) is 6.15. The number of amides is 1. The Morgan fingerprint density at radius 2 is 1.70 bits per heavy atom. The van der Waals surface area contributed by atoms with Crippen LogP contribution in [0.3, 0.4) is 0 Å². The third-order valence-corrected chi connectivity index (χ3v) is 5.64. The number of likely N-dealkylation sites (N-methyl/N-ethyl adjacent to an activating group) is 1. The van der Waals surface area contributed by atoms with E-state index in [0.717, 1.165) is 31.6 Å². The zero-order chi connectivity index (χ0) is 16.9. The maximum Gasteiger partial charge on any atom is 0.241 e. The van der Waals surface area contributed by atoms with Gasteiger partial charge in [0, 0.05) is 26.2 Å². The fourth-order valence-corrected chi connectivity index (χ4v) is 3.54. The number of sulfonamides is 1. The highest BCUT2D eigenvalue weighted by Gasteiger charge is 2.22. The second-order valence-electron chi connectivity index (χ2n) is 5.64. The van der Waals surface area contributed by atoms with E-state index in [-0.39, 0.29) is 17.3 Å². The normalized spacial score (nSPS) is 16.5. The van der Waals surface area contributed by atoms with Gasteiger partial charge in [-0.3, -0.25) is 4.79 Å². The minimum Gasteiger partial charge on any atom is -0.339 e. The summed E-state index contributed by atoms with van der Waals surface area (Å²) in [6, 6.07) is 6.73. The Morgan fingerprint density at radius 1 is 1.09 bits per heavy atom. The molecule has 1 aliphatic rings. The van der Waals surface area contributed by atoms with Crippen molar-refractivity contribution in [3.63, 3.8) is 0 Å². The molecule has 0 unspecified atom stereocenters. The Morgan fingerprint density at radius 3 is 2.22 bits per heavy atom. The van der Waals surface area contributed by atoms with Crippen molar-refractivity contribution in [2.75, 3.05) is 39.3 Å². The molecular formula is C16H25N3O3S. The summed E-state index contributed by atoms with van der Waals surface area (Å²) in [6.07, 6.45) is 0.857. The van der Waals surface area contributed by atoms with E-state index in [0.29, 0.717) is 13.1 Å². The van der Waals surface area contributed by atoms with Gasteiger partial charge in [-0.2, -0.15) is 0 Å². The molecule has 2 rings (SSSR count). The first-order chi connectivity index (χ1) is 11.0. The number of carbonyl (C=O) groups is 1. The predicted octanol–water partition coefficient (Wildman–Crippen LogP) is 0.691. The second kappa shape index (κ2) is 7.90.